The molecule has 2 unspecified atom stereocenters. The molecule has 8 heteroatoms. The minimum Gasteiger partial charge on any atom is -0.768 e. The zero-order valence-corrected chi connectivity index (χ0v) is 25.4. The molecule has 0 aliphatic carbocycles. The molecule has 5 nitrogen and oxygen atoms in total. The molecule has 39 heavy (non-hydrogen) atoms. The maximum Gasteiger partial charge on any atom is 0.0796 e. The van der Waals surface area contributed by atoms with Crippen LogP contribution in [0, 0.1) is 6.92 Å². The maximum atomic E-state index is 11.8. The molecule has 0 spiro atoms. The van der Waals surface area contributed by atoms with E-state index < -0.39 is 22.5 Å². The number of hydrogen-bond acceptors (Lipinski definition) is 4. The number of carbonyl (C=O) groups is 1. The summed E-state index contributed by atoms with van der Waals surface area (Å²) in [6.45, 7) is 6.54. The van der Waals surface area contributed by atoms with Gasteiger partial charge in [0, 0.05) is 4.90 Å². The molecule has 0 saturated heterocycles. The SMILES string of the molecule is Cc1ccc(C(C)C)cc1.[Cl][Ru+2].[NH-]C(=O)c1ccc(S(=O)[O-])c(C(N)(Cc2ccccc2)c2ccccc2)c1. The number of nitrogens with one attached hydrogen (secondary N) is 1. The molecule has 0 saturated carbocycles. The van der Waals surface area contributed by atoms with E-state index in [2.05, 4.69) is 54.7 Å². The van der Waals surface area contributed by atoms with E-state index in [0.29, 0.717) is 17.9 Å². The molecule has 0 fully saturated rings. The summed E-state index contributed by atoms with van der Waals surface area (Å²) >= 11 is -0.721. The summed E-state index contributed by atoms with van der Waals surface area (Å²) in [6, 6.07) is 31.4. The van der Waals surface area contributed by atoms with Gasteiger partial charge in [-0.25, -0.2) is 0 Å². The average molecular weight is 649 g/mol. The maximum absolute atomic E-state index is 11.8. The van der Waals surface area contributed by atoms with Gasteiger partial charge in [-0.2, -0.15) is 0 Å². The van der Waals surface area contributed by atoms with Crippen LogP contribution in [0.4, 0.5) is 0 Å². The summed E-state index contributed by atoms with van der Waals surface area (Å²) in [4.78, 5) is 11.6. The fraction of sp³-hybridized carbons (Fsp3) is 0.194. The summed E-state index contributed by atoms with van der Waals surface area (Å²) in [5, 5.41) is 0. The third kappa shape index (κ3) is 9.20. The molecule has 0 aliphatic heterocycles. The second-order valence-electron chi connectivity index (χ2n) is 9.34. The molecule has 2 atom stereocenters. The smallest absolute Gasteiger partial charge is 0.0796 e. The first kappa shape index (κ1) is 32.5. The molecule has 3 N–H and O–H groups in total. The zero-order valence-electron chi connectivity index (χ0n) is 22.0. The molecule has 0 bridgehead atoms. The molecule has 4 aromatic carbocycles. The first-order valence-corrected chi connectivity index (χ1v) is 15.5. The third-order valence-corrected chi connectivity index (χ3v) is 6.98. The van der Waals surface area contributed by atoms with Gasteiger partial charge >= 0.3 is 27.0 Å². The average Bonchev–Trinajstić information content (AvgIpc) is 2.95. The summed E-state index contributed by atoms with van der Waals surface area (Å²) in [7, 11) is 4.57. The normalized spacial score (nSPS) is 12.7. The van der Waals surface area contributed by atoms with Crippen molar-refractivity contribution < 1.29 is 30.9 Å². The van der Waals surface area contributed by atoms with E-state index in [0.717, 1.165) is 11.1 Å². The van der Waals surface area contributed by atoms with Crippen LogP contribution < -0.4 is 5.73 Å². The molecule has 205 valence electrons. The van der Waals surface area contributed by atoms with Crippen molar-refractivity contribution in [1.29, 1.82) is 0 Å². The van der Waals surface area contributed by atoms with Crippen LogP contribution in [-0.2, 0) is 40.4 Å². The van der Waals surface area contributed by atoms with Crippen molar-refractivity contribution in [2.24, 2.45) is 5.73 Å². The molecule has 1 amide bonds. The van der Waals surface area contributed by atoms with Crippen molar-refractivity contribution in [1.82, 2.24) is 0 Å². The van der Waals surface area contributed by atoms with Gasteiger partial charge in [-0.3, -0.25) is 4.21 Å². The van der Waals surface area contributed by atoms with Crippen LogP contribution in [0.3, 0.4) is 0 Å². The van der Waals surface area contributed by atoms with E-state index in [1.807, 2.05) is 78.0 Å². The Morgan fingerprint density at radius 2 is 1.49 bits per heavy atom. The molecule has 0 radical (unpaired) electrons. The van der Waals surface area contributed by atoms with Crippen LogP contribution in [0.15, 0.2) is 108 Å². The molecule has 0 aromatic heterocycles. The van der Waals surface area contributed by atoms with E-state index in [1.165, 1.54) is 29.3 Å². The van der Waals surface area contributed by atoms with Crippen LogP contribution in [-0.4, -0.2) is 14.7 Å². The fourth-order valence-corrected chi connectivity index (χ4v) is 4.72. The van der Waals surface area contributed by atoms with Gasteiger partial charge in [0.2, 0.25) is 0 Å². The Morgan fingerprint density at radius 1 is 0.949 bits per heavy atom. The van der Waals surface area contributed by atoms with Crippen molar-refractivity contribution in [3.8, 4) is 0 Å². The van der Waals surface area contributed by atoms with E-state index >= 15 is 0 Å². The minimum atomic E-state index is -2.54. The number of hydrogen-bond donors (Lipinski definition) is 1. The second-order valence-corrected chi connectivity index (χ2v) is 10.2. The van der Waals surface area contributed by atoms with Gasteiger partial charge in [0.05, 0.1) is 11.4 Å². The van der Waals surface area contributed by atoms with Gasteiger partial charge in [-0.1, -0.05) is 110 Å². The number of halogens is 1. The molecular formula is C31H32ClN2O3RuS. The third-order valence-electron chi connectivity index (χ3n) is 6.26. The monoisotopic (exact) mass is 649 g/mol. The Labute approximate surface area is 248 Å². The summed E-state index contributed by atoms with van der Waals surface area (Å²) in [5.74, 6) is -0.241. The molecule has 0 aliphatic rings. The number of aryl methyl sites for hydroxylation is 1. The van der Waals surface area contributed by atoms with Gasteiger partial charge < -0.3 is 20.8 Å². The minimum absolute atomic E-state index is 0.0160. The molecular weight excluding hydrogens is 617 g/mol. The van der Waals surface area contributed by atoms with E-state index in [4.69, 9.17) is 11.5 Å². The standard InChI is InChI=1S/C21H20N2O3S.C10H14.ClH.Ru/c22-20(24)16-11-12-19(27(25)26)18(13-16)21(23,17-9-5-2-6-10-17)14-15-7-3-1-4-8-15;1-8(2)10-6-4-9(3)5-7-10;;/h1-13H,14,23H2,(H3,22,24,25,26);4-8H,1-3H3;1H;/q;;;+3/p-3. The Hall–Kier alpha value is -2.67. The van der Waals surface area contributed by atoms with Crippen molar-refractivity contribution >= 4 is 26.7 Å². The Bertz CT molecular complexity index is 1350. The summed E-state index contributed by atoms with van der Waals surface area (Å²) in [6.07, 6.45) is 0.331. The Balaban J connectivity index is 0.000000372. The zero-order chi connectivity index (χ0) is 29.0. The van der Waals surface area contributed by atoms with E-state index in [1.54, 1.807) is 0 Å². The van der Waals surface area contributed by atoms with Crippen LogP contribution in [0.5, 0.6) is 0 Å². The number of amides is 1. The second kappa shape index (κ2) is 15.8. The van der Waals surface area contributed by atoms with Crippen LogP contribution in [0.1, 0.15) is 57.9 Å². The number of carbonyl (C=O) groups excluding carboxylic acids is 1. The first-order chi connectivity index (χ1) is 18.6. The largest absolute Gasteiger partial charge is 0.768 e. The first-order valence-electron chi connectivity index (χ1n) is 12.2. The number of rotatable bonds is 7. The number of nitrogens with two attached hydrogens (primary N) is 1. The quantitative estimate of drug-likeness (QED) is 0.167. The van der Waals surface area contributed by atoms with Crippen LogP contribution in [0.2, 0.25) is 0 Å². The van der Waals surface area contributed by atoms with Gasteiger partial charge in [-0.05, 0) is 70.3 Å². The van der Waals surface area contributed by atoms with E-state index in [9.17, 15) is 13.6 Å². The summed E-state index contributed by atoms with van der Waals surface area (Å²) < 4.78 is 23.7. The molecule has 0 heterocycles. The van der Waals surface area contributed by atoms with Gasteiger partial charge in [-0.15, -0.1) is 0 Å². The molecule has 4 rings (SSSR count). The van der Waals surface area contributed by atoms with Crippen molar-refractivity contribution in [2.75, 3.05) is 0 Å². The van der Waals surface area contributed by atoms with Crippen molar-refractivity contribution in [2.45, 2.75) is 43.5 Å². The molecule has 4 aromatic rings. The topological polar surface area (TPSA) is 107 Å². The number of benzene rings is 4. The van der Waals surface area contributed by atoms with Crippen LogP contribution in [0.25, 0.3) is 5.73 Å². The predicted octanol–water partition coefficient (Wildman–Crippen LogP) is 7.37. The van der Waals surface area contributed by atoms with Crippen LogP contribution >= 0.6 is 9.69 Å². The Morgan fingerprint density at radius 3 is 1.97 bits per heavy atom. The van der Waals surface area contributed by atoms with Gasteiger partial charge in [0.1, 0.15) is 0 Å². The van der Waals surface area contributed by atoms with Gasteiger partial charge in [0.25, 0.3) is 0 Å². The van der Waals surface area contributed by atoms with Crippen molar-refractivity contribution in [3.63, 3.8) is 0 Å². The van der Waals surface area contributed by atoms with Crippen molar-refractivity contribution in [3.05, 3.63) is 142 Å². The predicted molar refractivity (Wildman–Crippen MR) is 155 cm³/mol. The Kier molecular flexibility index (Phi) is 13.2. The van der Waals surface area contributed by atoms with Gasteiger partial charge in [0.15, 0.2) is 0 Å². The fourth-order valence-electron chi connectivity index (χ4n) is 4.12. The van der Waals surface area contributed by atoms with E-state index in [-0.39, 0.29) is 10.5 Å². The summed E-state index contributed by atoms with van der Waals surface area (Å²) in [5.41, 5.74) is 17.8.